The van der Waals surface area contributed by atoms with E-state index in [1.807, 2.05) is 32.0 Å². The standard InChI is InChI=1S/C28H34N4O4S2/c1-3-15-32(16-4-2)38(35,36)22-12-10-21(11-13-22)27(34)30-28-25(26(29)33)23-14-17-31(19-24(23)37-28)18-20-8-6-5-7-9-20/h5-13H,3-4,14-19H2,1-2H3,(H2,29,33)(H,30,34). The number of hydrogen-bond acceptors (Lipinski definition) is 6. The number of sulfonamides is 1. The Bertz CT molecular complexity index is 1380. The number of fused-ring (bicyclic) bond motifs is 1. The summed E-state index contributed by atoms with van der Waals surface area (Å²) in [7, 11) is -3.64. The summed E-state index contributed by atoms with van der Waals surface area (Å²) in [5.74, 6) is -0.988. The minimum atomic E-state index is -3.64. The van der Waals surface area contributed by atoms with Crippen LogP contribution in [0.2, 0.25) is 0 Å². The molecule has 3 aromatic rings. The highest BCUT2D eigenvalue weighted by atomic mass is 32.2. The predicted octanol–water partition coefficient (Wildman–Crippen LogP) is 4.47. The van der Waals surface area contributed by atoms with Crippen molar-refractivity contribution in [3.63, 3.8) is 0 Å². The molecule has 0 aliphatic carbocycles. The molecule has 0 radical (unpaired) electrons. The third-order valence-electron chi connectivity index (χ3n) is 6.56. The number of nitrogens with two attached hydrogens (primary N) is 1. The monoisotopic (exact) mass is 554 g/mol. The fourth-order valence-electron chi connectivity index (χ4n) is 4.74. The summed E-state index contributed by atoms with van der Waals surface area (Å²) in [6.45, 7) is 7.03. The normalized spacial score (nSPS) is 13.9. The van der Waals surface area contributed by atoms with Gasteiger partial charge in [0, 0.05) is 43.2 Å². The second-order valence-electron chi connectivity index (χ2n) is 9.40. The van der Waals surface area contributed by atoms with Crippen LogP contribution in [0.25, 0.3) is 0 Å². The lowest BCUT2D eigenvalue weighted by Gasteiger charge is -2.27. The molecule has 0 spiro atoms. The topological polar surface area (TPSA) is 113 Å². The number of hydrogen-bond donors (Lipinski definition) is 2. The second-order valence-corrected chi connectivity index (χ2v) is 12.4. The maximum Gasteiger partial charge on any atom is 0.256 e. The molecule has 0 bridgehead atoms. The van der Waals surface area contributed by atoms with E-state index in [4.69, 9.17) is 5.73 Å². The van der Waals surface area contributed by atoms with Gasteiger partial charge >= 0.3 is 0 Å². The molecule has 1 aliphatic rings. The van der Waals surface area contributed by atoms with Gasteiger partial charge in [-0.3, -0.25) is 14.5 Å². The molecule has 2 aromatic carbocycles. The van der Waals surface area contributed by atoms with E-state index in [1.54, 1.807) is 0 Å². The number of carbonyl (C=O) groups excluding carboxylic acids is 2. The molecule has 10 heteroatoms. The number of carbonyl (C=O) groups is 2. The molecule has 1 aliphatic heterocycles. The van der Waals surface area contributed by atoms with Gasteiger partial charge in [-0.25, -0.2) is 8.42 Å². The van der Waals surface area contributed by atoms with Crippen molar-refractivity contribution in [3.8, 4) is 0 Å². The fourth-order valence-corrected chi connectivity index (χ4v) is 7.65. The Morgan fingerprint density at radius 1 is 1.03 bits per heavy atom. The highest BCUT2D eigenvalue weighted by molar-refractivity contribution is 7.89. The van der Waals surface area contributed by atoms with E-state index in [9.17, 15) is 18.0 Å². The third kappa shape index (κ3) is 6.15. The molecular weight excluding hydrogens is 520 g/mol. The SMILES string of the molecule is CCCN(CCC)S(=O)(=O)c1ccc(C(=O)Nc2sc3c(c2C(N)=O)CCN(Cc2ccccc2)C3)cc1. The first-order valence-corrected chi connectivity index (χ1v) is 15.1. The number of anilines is 1. The zero-order valence-corrected chi connectivity index (χ0v) is 23.4. The molecule has 38 heavy (non-hydrogen) atoms. The van der Waals surface area contributed by atoms with Crippen molar-refractivity contribution in [2.24, 2.45) is 5.73 Å². The fraction of sp³-hybridized carbons (Fsp3) is 0.357. The molecule has 202 valence electrons. The van der Waals surface area contributed by atoms with Crippen molar-refractivity contribution in [1.29, 1.82) is 0 Å². The van der Waals surface area contributed by atoms with Crippen LogP contribution < -0.4 is 11.1 Å². The molecule has 8 nitrogen and oxygen atoms in total. The van der Waals surface area contributed by atoms with E-state index in [2.05, 4.69) is 22.3 Å². The maximum absolute atomic E-state index is 13.1. The Labute approximate surface area is 228 Å². The van der Waals surface area contributed by atoms with Gasteiger partial charge in [-0.1, -0.05) is 44.2 Å². The van der Waals surface area contributed by atoms with Crippen LogP contribution in [0.1, 0.15) is 63.4 Å². The van der Waals surface area contributed by atoms with Crippen LogP contribution in [0.4, 0.5) is 5.00 Å². The van der Waals surface area contributed by atoms with Gasteiger partial charge in [0.1, 0.15) is 5.00 Å². The Morgan fingerprint density at radius 3 is 2.29 bits per heavy atom. The van der Waals surface area contributed by atoms with E-state index in [0.29, 0.717) is 42.2 Å². The molecule has 2 amide bonds. The predicted molar refractivity (Wildman–Crippen MR) is 151 cm³/mol. The lowest BCUT2D eigenvalue weighted by atomic mass is 10.0. The molecule has 0 fully saturated rings. The van der Waals surface area contributed by atoms with Gasteiger partial charge in [-0.05, 0) is 54.7 Å². The Kier molecular flexibility index (Phi) is 8.99. The third-order valence-corrected chi connectivity index (χ3v) is 9.60. The van der Waals surface area contributed by atoms with Crippen LogP contribution in [-0.4, -0.2) is 49.1 Å². The van der Waals surface area contributed by atoms with Crippen LogP contribution in [0, 0.1) is 0 Å². The van der Waals surface area contributed by atoms with Crippen molar-refractivity contribution in [1.82, 2.24) is 9.21 Å². The van der Waals surface area contributed by atoms with Crippen molar-refractivity contribution < 1.29 is 18.0 Å². The van der Waals surface area contributed by atoms with Gasteiger partial charge < -0.3 is 11.1 Å². The number of thiophene rings is 1. The molecule has 1 aromatic heterocycles. The largest absolute Gasteiger partial charge is 0.365 e. The van der Waals surface area contributed by atoms with E-state index >= 15 is 0 Å². The van der Waals surface area contributed by atoms with Crippen molar-refractivity contribution in [2.75, 3.05) is 25.0 Å². The quantitative estimate of drug-likeness (QED) is 0.363. The van der Waals surface area contributed by atoms with E-state index < -0.39 is 21.8 Å². The van der Waals surface area contributed by atoms with Crippen LogP contribution in [0.15, 0.2) is 59.5 Å². The van der Waals surface area contributed by atoms with Gasteiger partial charge in [-0.2, -0.15) is 4.31 Å². The van der Waals surface area contributed by atoms with E-state index in [0.717, 1.165) is 36.4 Å². The van der Waals surface area contributed by atoms with Gasteiger partial charge in [0.15, 0.2) is 0 Å². The first-order valence-electron chi connectivity index (χ1n) is 12.9. The van der Waals surface area contributed by atoms with Crippen molar-refractivity contribution >= 4 is 38.2 Å². The summed E-state index contributed by atoms with van der Waals surface area (Å²) in [6, 6.07) is 16.1. The number of nitrogens with zero attached hydrogens (tertiary/aromatic N) is 2. The number of nitrogens with one attached hydrogen (secondary N) is 1. The Morgan fingerprint density at radius 2 is 1.68 bits per heavy atom. The molecule has 4 rings (SSSR count). The lowest BCUT2D eigenvalue weighted by molar-refractivity contribution is 0.0999. The van der Waals surface area contributed by atoms with Crippen LogP contribution >= 0.6 is 11.3 Å². The molecule has 0 saturated heterocycles. The smallest absolute Gasteiger partial charge is 0.256 e. The molecule has 0 unspecified atom stereocenters. The maximum atomic E-state index is 13.1. The van der Waals surface area contributed by atoms with Crippen molar-refractivity contribution in [2.45, 2.75) is 51.1 Å². The zero-order chi connectivity index (χ0) is 27.3. The van der Waals surface area contributed by atoms with Gasteiger partial charge in [-0.15, -0.1) is 11.3 Å². The molecule has 0 saturated carbocycles. The van der Waals surface area contributed by atoms with Gasteiger partial charge in [0.25, 0.3) is 11.8 Å². The summed E-state index contributed by atoms with van der Waals surface area (Å²) in [6.07, 6.45) is 2.11. The summed E-state index contributed by atoms with van der Waals surface area (Å²) in [5, 5.41) is 3.29. The molecular formula is C28H34N4O4S2. The first kappa shape index (κ1) is 28.0. The van der Waals surface area contributed by atoms with E-state index in [-0.39, 0.29) is 4.90 Å². The summed E-state index contributed by atoms with van der Waals surface area (Å²) < 4.78 is 27.5. The summed E-state index contributed by atoms with van der Waals surface area (Å²) in [4.78, 5) is 28.9. The highest BCUT2D eigenvalue weighted by Crippen LogP contribution is 2.37. The van der Waals surface area contributed by atoms with Gasteiger partial charge in [0.05, 0.1) is 10.5 Å². The lowest BCUT2D eigenvalue weighted by Crippen LogP contribution is -2.32. The first-order chi connectivity index (χ1) is 18.2. The summed E-state index contributed by atoms with van der Waals surface area (Å²) in [5.41, 5.74) is 8.52. The molecule has 0 atom stereocenters. The highest BCUT2D eigenvalue weighted by Gasteiger charge is 2.28. The average molecular weight is 555 g/mol. The number of amides is 2. The summed E-state index contributed by atoms with van der Waals surface area (Å²) >= 11 is 1.37. The number of benzene rings is 2. The number of rotatable bonds is 11. The van der Waals surface area contributed by atoms with Crippen LogP contribution in [-0.2, 0) is 29.5 Å². The molecule has 3 N–H and O–H groups in total. The van der Waals surface area contributed by atoms with Crippen molar-refractivity contribution in [3.05, 3.63) is 81.7 Å². The van der Waals surface area contributed by atoms with Crippen LogP contribution in [0.5, 0.6) is 0 Å². The zero-order valence-electron chi connectivity index (χ0n) is 21.8. The van der Waals surface area contributed by atoms with Crippen LogP contribution in [0.3, 0.4) is 0 Å². The number of primary amides is 1. The minimum Gasteiger partial charge on any atom is -0.365 e. The average Bonchev–Trinajstić information content (AvgIpc) is 3.26. The Hall–Kier alpha value is -3.05. The Balaban J connectivity index is 1.51. The van der Waals surface area contributed by atoms with Gasteiger partial charge in [0.2, 0.25) is 10.0 Å². The minimum absolute atomic E-state index is 0.152. The van der Waals surface area contributed by atoms with E-state index in [1.165, 1.54) is 45.5 Å². The molecule has 2 heterocycles. The second kappa shape index (κ2) is 12.2.